The lowest BCUT2D eigenvalue weighted by Crippen LogP contribution is -2.23. The van der Waals surface area contributed by atoms with E-state index in [0.717, 1.165) is 11.1 Å². The van der Waals surface area contributed by atoms with E-state index >= 15 is 0 Å². The van der Waals surface area contributed by atoms with Gasteiger partial charge in [-0.15, -0.1) is 0 Å². The summed E-state index contributed by atoms with van der Waals surface area (Å²) in [7, 11) is 0. The van der Waals surface area contributed by atoms with Crippen molar-refractivity contribution in [1.29, 1.82) is 0 Å². The third kappa shape index (κ3) is 3.40. The fourth-order valence-electron chi connectivity index (χ4n) is 1.52. The predicted octanol–water partition coefficient (Wildman–Crippen LogP) is 0.0449. The van der Waals surface area contributed by atoms with Gasteiger partial charge in [0.25, 0.3) is 5.91 Å². The normalized spacial score (nSPS) is 9.53. The number of benzene rings is 1. The van der Waals surface area contributed by atoms with Gasteiger partial charge in [-0.3, -0.25) is 4.79 Å². The molecule has 1 heterocycles. The van der Waals surface area contributed by atoms with Crippen molar-refractivity contribution in [2.75, 3.05) is 6.54 Å². The van der Waals surface area contributed by atoms with E-state index in [9.17, 15) is 4.79 Å². The van der Waals surface area contributed by atoms with E-state index in [-0.39, 0.29) is 11.6 Å². The number of aromatic nitrogens is 3. The molecule has 0 saturated heterocycles. The molecule has 0 atom stereocenters. The van der Waals surface area contributed by atoms with E-state index in [1.807, 2.05) is 24.3 Å². The number of carbonyl (C=O) groups is 1. The zero-order valence-electron chi connectivity index (χ0n) is 10.2. The molecular formula is C13H13N5O. The maximum Gasteiger partial charge on any atom is 0.273 e. The van der Waals surface area contributed by atoms with Crippen molar-refractivity contribution >= 4 is 5.91 Å². The van der Waals surface area contributed by atoms with Gasteiger partial charge >= 0.3 is 0 Å². The lowest BCUT2D eigenvalue weighted by molar-refractivity contribution is 0.0946. The number of nitrogens with zero attached hydrogens (tertiary/aromatic N) is 2. The highest BCUT2D eigenvalue weighted by atomic mass is 16.1. The fourth-order valence-corrected chi connectivity index (χ4v) is 1.52. The van der Waals surface area contributed by atoms with Crippen LogP contribution in [0.3, 0.4) is 0 Å². The first-order valence-electron chi connectivity index (χ1n) is 5.72. The summed E-state index contributed by atoms with van der Waals surface area (Å²) in [5.41, 5.74) is 7.39. The second kappa shape index (κ2) is 6.33. The molecule has 0 saturated carbocycles. The predicted molar refractivity (Wildman–Crippen MR) is 69.9 cm³/mol. The van der Waals surface area contributed by atoms with Gasteiger partial charge in [-0.25, -0.2) is 0 Å². The summed E-state index contributed by atoms with van der Waals surface area (Å²) in [6.45, 7) is 0.681. The van der Waals surface area contributed by atoms with Crippen molar-refractivity contribution < 1.29 is 4.79 Å². The minimum atomic E-state index is -0.282. The van der Waals surface area contributed by atoms with Crippen molar-refractivity contribution in [2.45, 2.75) is 6.54 Å². The minimum Gasteiger partial charge on any atom is -0.346 e. The average Bonchev–Trinajstić information content (AvgIpc) is 2.97. The highest BCUT2D eigenvalue weighted by molar-refractivity contribution is 5.91. The SMILES string of the molecule is NCC#Cc1ccccc1CNC(=O)c1cn[nH]n1. The first kappa shape index (κ1) is 12.8. The molecule has 0 unspecified atom stereocenters. The molecule has 0 aliphatic rings. The number of H-pyrrole nitrogens is 1. The maximum absolute atomic E-state index is 11.7. The number of aromatic amines is 1. The quantitative estimate of drug-likeness (QED) is 0.675. The van der Waals surface area contributed by atoms with Gasteiger partial charge in [0.15, 0.2) is 5.69 Å². The average molecular weight is 255 g/mol. The van der Waals surface area contributed by atoms with Crippen LogP contribution in [0.25, 0.3) is 0 Å². The van der Waals surface area contributed by atoms with Gasteiger partial charge in [-0.2, -0.15) is 15.4 Å². The summed E-state index contributed by atoms with van der Waals surface area (Å²) in [5.74, 6) is 5.49. The lowest BCUT2D eigenvalue weighted by atomic mass is 10.1. The molecule has 1 aromatic carbocycles. The topological polar surface area (TPSA) is 96.7 Å². The van der Waals surface area contributed by atoms with E-state index in [1.54, 1.807) is 0 Å². The van der Waals surface area contributed by atoms with Gasteiger partial charge in [0.1, 0.15) is 0 Å². The molecule has 2 rings (SSSR count). The molecule has 0 fully saturated rings. The molecule has 0 bridgehead atoms. The van der Waals surface area contributed by atoms with Crippen LogP contribution >= 0.6 is 0 Å². The monoisotopic (exact) mass is 255 g/mol. The number of hydrogen-bond acceptors (Lipinski definition) is 4. The molecule has 19 heavy (non-hydrogen) atoms. The third-order valence-electron chi connectivity index (χ3n) is 2.43. The zero-order chi connectivity index (χ0) is 13.5. The first-order chi connectivity index (χ1) is 9.31. The molecule has 0 spiro atoms. The van der Waals surface area contributed by atoms with Crippen molar-refractivity contribution in [2.24, 2.45) is 5.73 Å². The largest absolute Gasteiger partial charge is 0.346 e. The van der Waals surface area contributed by atoms with Crippen LogP contribution in [0.2, 0.25) is 0 Å². The number of nitrogens with two attached hydrogens (primary N) is 1. The summed E-state index contributed by atoms with van der Waals surface area (Å²) in [6, 6.07) is 7.58. The Morgan fingerprint density at radius 1 is 1.42 bits per heavy atom. The Balaban J connectivity index is 2.05. The second-order valence-corrected chi connectivity index (χ2v) is 3.70. The summed E-state index contributed by atoms with van der Waals surface area (Å²) in [5, 5.41) is 12.4. The van der Waals surface area contributed by atoms with E-state index < -0.39 is 0 Å². The van der Waals surface area contributed by atoms with Crippen LogP contribution in [-0.4, -0.2) is 27.9 Å². The number of nitrogens with one attached hydrogen (secondary N) is 2. The van der Waals surface area contributed by atoms with Gasteiger partial charge in [-0.05, 0) is 11.6 Å². The first-order valence-corrected chi connectivity index (χ1v) is 5.72. The van der Waals surface area contributed by atoms with E-state index in [2.05, 4.69) is 32.6 Å². The lowest BCUT2D eigenvalue weighted by Gasteiger charge is -2.05. The fraction of sp³-hybridized carbons (Fsp3) is 0.154. The molecule has 1 amide bonds. The van der Waals surface area contributed by atoms with Gasteiger partial charge in [0.2, 0.25) is 0 Å². The smallest absolute Gasteiger partial charge is 0.273 e. The molecule has 1 aromatic heterocycles. The van der Waals surface area contributed by atoms with Crippen molar-refractivity contribution in [3.8, 4) is 11.8 Å². The highest BCUT2D eigenvalue weighted by Crippen LogP contribution is 2.07. The number of hydrogen-bond donors (Lipinski definition) is 3. The molecule has 96 valence electrons. The summed E-state index contributed by atoms with van der Waals surface area (Å²) >= 11 is 0. The van der Waals surface area contributed by atoms with Crippen LogP contribution in [0.5, 0.6) is 0 Å². The molecule has 0 aliphatic heterocycles. The van der Waals surface area contributed by atoms with Gasteiger partial charge in [-0.1, -0.05) is 30.0 Å². The Labute approximate surface area is 110 Å². The second-order valence-electron chi connectivity index (χ2n) is 3.70. The van der Waals surface area contributed by atoms with Crippen LogP contribution < -0.4 is 11.1 Å². The minimum absolute atomic E-state index is 0.255. The standard InChI is InChI=1S/C13H13N5O/c14-7-3-6-10-4-1-2-5-11(10)8-15-13(19)12-9-16-18-17-12/h1-2,4-5,9H,7-8,14H2,(H,15,19)(H,16,17,18). The molecule has 6 heteroatoms. The van der Waals surface area contributed by atoms with Gasteiger partial charge < -0.3 is 11.1 Å². The van der Waals surface area contributed by atoms with Crippen LogP contribution in [0.15, 0.2) is 30.5 Å². The Kier molecular flexibility index (Phi) is 4.26. The molecular weight excluding hydrogens is 242 g/mol. The molecule has 0 aliphatic carbocycles. The van der Waals surface area contributed by atoms with Crippen molar-refractivity contribution in [1.82, 2.24) is 20.7 Å². The van der Waals surface area contributed by atoms with Gasteiger partial charge in [0.05, 0.1) is 12.7 Å². The molecule has 6 nitrogen and oxygen atoms in total. The summed E-state index contributed by atoms with van der Waals surface area (Å²) in [4.78, 5) is 11.7. The van der Waals surface area contributed by atoms with Crippen LogP contribution in [0.1, 0.15) is 21.6 Å². The Morgan fingerprint density at radius 3 is 3.00 bits per heavy atom. The van der Waals surface area contributed by atoms with E-state index in [4.69, 9.17) is 5.73 Å². The Bertz CT molecular complexity index is 609. The van der Waals surface area contributed by atoms with Crippen LogP contribution in [0, 0.1) is 11.8 Å². The number of amides is 1. The summed E-state index contributed by atoms with van der Waals surface area (Å²) in [6.07, 6.45) is 1.37. The maximum atomic E-state index is 11.7. The molecule has 4 N–H and O–H groups in total. The number of carbonyl (C=O) groups excluding carboxylic acids is 1. The van der Waals surface area contributed by atoms with Gasteiger partial charge in [0, 0.05) is 12.1 Å². The Hall–Kier alpha value is -2.65. The third-order valence-corrected chi connectivity index (χ3v) is 2.43. The number of rotatable bonds is 3. The van der Waals surface area contributed by atoms with E-state index in [0.29, 0.717) is 13.1 Å². The van der Waals surface area contributed by atoms with Crippen LogP contribution in [-0.2, 0) is 6.54 Å². The molecule has 2 aromatic rings. The molecule has 0 radical (unpaired) electrons. The van der Waals surface area contributed by atoms with Crippen LogP contribution in [0.4, 0.5) is 0 Å². The van der Waals surface area contributed by atoms with Crippen molar-refractivity contribution in [3.63, 3.8) is 0 Å². The summed E-state index contributed by atoms with van der Waals surface area (Å²) < 4.78 is 0. The van der Waals surface area contributed by atoms with E-state index in [1.165, 1.54) is 6.20 Å². The van der Waals surface area contributed by atoms with Crippen molar-refractivity contribution in [3.05, 3.63) is 47.3 Å². The Morgan fingerprint density at radius 2 is 2.26 bits per heavy atom. The zero-order valence-corrected chi connectivity index (χ0v) is 10.2. The highest BCUT2D eigenvalue weighted by Gasteiger charge is 2.08.